The predicted molar refractivity (Wildman–Crippen MR) is 101 cm³/mol. The van der Waals surface area contributed by atoms with Gasteiger partial charge in [0.25, 0.3) is 5.89 Å². The zero-order valence-electron chi connectivity index (χ0n) is 15.5. The van der Waals surface area contributed by atoms with Gasteiger partial charge in [-0.05, 0) is 48.4 Å². The number of pyridine rings is 1. The highest BCUT2D eigenvalue weighted by Crippen LogP contribution is 2.27. The van der Waals surface area contributed by atoms with Crippen LogP contribution in [0.25, 0.3) is 11.5 Å². The third kappa shape index (κ3) is 4.40. The molecule has 0 radical (unpaired) electrons. The molecule has 142 valence electrons. The molecule has 0 aliphatic carbocycles. The lowest BCUT2D eigenvalue weighted by molar-refractivity contribution is 0.388. The lowest BCUT2D eigenvalue weighted by Crippen LogP contribution is -2.23. The summed E-state index contributed by atoms with van der Waals surface area (Å²) in [7, 11) is -3.62. The van der Waals surface area contributed by atoms with Crippen LogP contribution < -0.4 is 4.72 Å². The molecule has 2 heterocycles. The fourth-order valence-electron chi connectivity index (χ4n) is 2.31. The van der Waals surface area contributed by atoms with Gasteiger partial charge in [0.1, 0.15) is 0 Å². The van der Waals surface area contributed by atoms with E-state index in [2.05, 4.69) is 26.8 Å². The zero-order valence-corrected chi connectivity index (χ0v) is 16.3. The van der Waals surface area contributed by atoms with E-state index < -0.39 is 10.0 Å². The van der Waals surface area contributed by atoms with Crippen LogP contribution in [0.15, 0.2) is 58.2 Å². The first-order valence-corrected chi connectivity index (χ1v) is 10.1. The first-order chi connectivity index (χ1) is 12.8. The van der Waals surface area contributed by atoms with E-state index in [0.717, 1.165) is 12.0 Å². The molecule has 0 unspecified atom stereocenters. The van der Waals surface area contributed by atoms with Gasteiger partial charge in [-0.2, -0.15) is 4.98 Å². The Bertz CT molecular complexity index is 997. The third-order valence-electron chi connectivity index (χ3n) is 4.54. The van der Waals surface area contributed by atoms with E-state index in [0.29, 0.717) is 17.3 Å². The lowest BCUT2D eigenvalue weighted by Gasteiger charge is -2.16. The highest BCUT2D eigenvalue weighted by atomic mass is 32.2. The number of nitrogens with one attached hydrogen (secondary N) is 1. The van der Waals surface area contributed by atoms with E-state index in [4.69, 9.17) is 4.52 Å². The molecule has 1 N–H and O–H groups in total. The van der Waals surface area contributed by atoms with Crippen molar-refractivity contribution in [3.8, 4) is 11.5 Å². The molecule has 0 spiro atoms. The van der Waals surface area contributed by atoms with Gasteiger partial charge in [0.15, 0.2) is 5.82 Å². The molecule has 8 heteroatoms. The molecule has 3 aromatic rings. The fraction of sp³-hybridized carbons (Fsp3) is 0.316. The quantitative estimate of drug-likeness (QED) is 0.669. The minimum absolute atomic E-state index is 0.175. The van der Waals surface area contributed by atoms with Crippen molar-refractivity contribution in [2.24, 2.45) is 0 Å². The number of nitrogens with zero attached hydrogens (tertiary/aromatic N) is 3. The summed E-state index contributed by atoms with van der Waals surface area (Å²) in [5.74, 6) is 1.01. The summed E-state index contributed by atoms with van der Waals surface area (Å²) in [4.78, 5) is 8.53. The Hall–Kier alpha value is -2.58. The Labute approximate surface area is 158 Å². The SMILES string of the molecule is CCC(C)(C)c1noc(-c2ccc(S(=O)(=O)NCc3ccncc3)cc2)n1. The molecule has 0 aliphatic rings. The Balaban J connectivity index is 1.75. The fourth-order valence-corrected chi connectivity index (χ4v) is 3.33. The summed E-state index contributed by atoms with van der Waals surface area (Å²) < 4.78 is 32.8. The summed E-state index contributed by atoms with van der Waals surface area (Å²) >= 11 is 0. The van der Waals surface area contributed by atoms with E-state index in [1.165, 1.54) is 12.1 Å². The van der Waals surface area contributed by atoms with E-state index in [1.807, 2.05) is 13.8 Å². The van der Waals surface area contributed by atoms with Crippen LogP contribution in [0.5, 0.6) is 0 Å². The van der Waals surface area contributed by atoms with Crippen LogP contribution in [-0.2, 0) is 22.0 Å². The van der Waals surface area contributed by atoms with E-state index >= 15 is 0 Å². The smallest absolute Gasteiger partial charge is 0.257 e. The summed E-state index contributed by atoms with van der Waals surface area (Å²) in [6, 6.07) is 9.90. The molecule has 27 heavy (non-hydrogen) atoms. The van der Waals surface area contributed by atoms with Crippen molar-refractivity contribution in [1.82, 2.24) is 19.8 Å². The summed E-state index contributed by atoms with van der Waals surface area (Å²) in [5, 5.41) is 4.05. The van der Waals surface area contributed by atoms with Crippen molar-refractivity contribution in [1.29, 1.82) is 0 Å². The van der Waals surface area contributed by atoms with Gasteiger partial charge in [0.05, 0.1) is 4.90 Å². The van der Waals surface area contributed by atoms with Gasteiger partial charge in [-0.3, -0.25) is 4.98 Å². The van der Waals surface area contributed by atoms with Crippen molar-refractivity contribution in [3.05, 3.63) is 60.2 Å². The Morgan fingerprint density at radius 3 is 2.37 bits per heavy atom. The second-order valence-corrected chi connectivity index (χ2v) is 8.63. The minimum Gasteiger partial charge on any atom is -0.334 e. The van der Waals surface area contributed by atoms with E-state index in [9.17, 15) is 8.42 Å². The van der Waals surface area contributed by atoms with Crippen molar-refractivity contribution < 1.29 is 12.9 Å². The van der Waals surface area contributed by atoms with Crippen molar-refractivity contribution in [2.45, 2.75) is 44.0 Å². The molecular formula is C19H22N4O3S. The molecule has 0 fully saturated rings. The van der Waals surface area contributed by atoms with Gasteiger partial charge in [-0.15, -0.1) is 0 Å². The maximum Gasteiger partial charge on any atom is 0.257 e. The zero-order chi connectivity index (χ0) is 19.5. The van der Waals surface area contributed by atoms with Crippen molar-refractivity contribution in [2.75, 3.05) is 0 Å². The normalized spacial score (nSPS) is 12.3. The molecule has 7 nitrogen and oxygen atoms in total. The Kier molecular flexibility index (Phi) is 5.38. The molecule has 0 aliphatic heterocycles. The van der Waals surface area contributed by atoms with E-state index in [1.54, 1.807) is 36.7 Å². The average Bonchev–Trinajstić information content (AvgIpc) is 3.19. The van der Waals surface area contributed by atoms with Crippen LogP contribution in [0.1, 0.15) is 38.6 Å². The largest absolute Gasteiger partial charge is 0.334 e. The standard InChI is InChI=1S/C19H22N4O3S/c1-4-19(2,3)18-22-17(26-23-18)15-5-7-16(8-6-15)27(24,25)21-13-14-9-11-20-12-10-14/h5-12,21H,4,13H2,1-3H3. The van der Waals surface area contributed by atoms with Crippen LogP contribution in [0.2, 0.25) is 0 Å². The molecule has 0 amide bonds. The third-order valence-corrected chi connectivity index (χ3v) is 5.96. The second kappa shape index (κ2) is 7.58. The van der Waals surface area contributed by atoms with Crippen LogP contribution >= 0.6 is 0 Å². The molecule has 0 bridgehead atoms. The van der Waals surface area contributed by atoms with Crippen LogP contribution in [0.3, 0.4) is 0 Å². The number of benzene rings is 1. The van der Waals surface area contributed by atoms with Gasteiger partial charge < -0.3 is 4.52 Å². The highest BCUT2D eigenvalue weighted by molar-refractivity contribution is 7.89. The van der Waals surface area contributed by atoms with Crippen LogP contribution in [0, 0.1) is 0 Å². The van der Waals surface area contributed by atoms with Gasteiger partial charge in [0, 0.05) is 29.9 Å². The monoisotopic (exact) mass is 386 g/mol. The second-order valence-electron chi connectivity index (χ2n) is 6.86. The lowest BCUT2D eigenvalue weighted by atomic mass is 9.90. The van der Waals surface area contributed by atoms with Gasteiger partial charge in [-0.1, -0.05) is 25.9 Å². The highest BCUT2D eigenvalue weighted by Gasteiger charge is 2.25. The summed E-state index contributed by atoms with van der Waals surface area (Å²) in [6.07, 6.45) is 4.13. The van der Waals surface area contributed by atoms with E-state index in [-0.39, 0.29) is 16.9 Å². The molecule has 0 saturated heterocycles. The van der Waals surface area contributed by atoms with Crippen molar-refractivity contribution >= 4 is 10.0 Å². The van der Waals surface area contributed by atoms with Crippen molar-refractivity contribution in [3.63, 3.8) is 0 Å². The number of hydrogen-bond acceptors (Lipinski definition) is 6. The first-order valence-electron chi connectivity index (χ1n) is 8.65. The topological polar surface area (TPSA) is 98.0 Å². The summed E-state index contributed by atoms with van der Waals surface area (Å²) in [6.45, 7) is 6.36. The maximum absolute atomic E-state index is 12.4. The van der Waals surface area contributed by atoms with Gasteiger partial charge in [0.2, 0.25) is 10.0 Å². The number of sulfonamides is 1. The number of aromatic nitrogens is 3. The Morgan fingerprint density at radius 2 is 1.74 bits per heavy atom. The minimum atomic E-state index is -3.62. The van der Waals surface area contributed by atoms with Crippen LogP contribution in [0.4, 0.5) is 0 Å². The molecule has 1 aromatic carbocycles. The summed E-state index contributed by atoms with van der Waals surface area (Å²) in [5.41, 5.74) is 1.33. The predicted octanol–water partition coefficient (Wildman–Crippen LogP) is 3.30. The van der Waals surface area contributed by atoms with Crippen LogP contribution in [-0.4, -0.2) is 23.5 Å². The molecule has 3 rings (SSSR count). The van der Waals surface area contributed by atoms with Gasteiger partial charge >= 0.3 is 0 Å². The number of hydrogen-bond donors (Lipinski definition) is 1. The van der Waals surface area contributed by atoms with Gasteiger partial charge in [-0.25, -0.2) is 13.1 Å². The molecule has 0 saturated carbocycles. The average molecular weight is 386 g/mol. The molecular weight excluding hydrogens is 364 g/mol. The maximum atomic E-state index is 12.4. The molecule has 0 atom stereocenters. The molecule has 2 aromatic heterocycles. The Morgan fingerprint density at radius 1 is 1.07 bits per heavy atom. The first kappa shape index (κ1) is 19.2. The number of rotatable bonds is 7.